The Kier molecular flexibility index (Phi) is 4.96. The van der Waals surface area contributed by atoms with Gasteiger partial charge in [-0.25, -0.2) is 0 Å². The van der Waals surface area contributed by atoms with Crippen molar-refractivity contribution >= 4 is 15.9 Å². The first-order valence-electron chi connectivity index (χ1n) is 6.12. The molecule has 0 spiro atoms. The van der Waals surface area contributed by atoms with Crippen LogP contribution in [0.2, 0.25) is 0 Å². The van der Waals surface area contributed by atoms with Gasteiger partial charge in [-0.15, -0.1) is 0 Å². The quantitative estimate of drug-likeness (QED) is 0.890. The summed E-state index contributed by atoms with van der Waals surface area (Å²) in [5, 5.41) is 0. The molecule has 2 rings (SSSR count). The summed E-state index contributed by atoms with van der Waals surface area (Å²) in [4.78, 5) is 0. The minimum atomic E-state index is -0.219. The number of benzene rings is 2. The minimum Gasteiger partial charge on any atom is -0.489 e. The summed E-state index contributed by atoms with van der Waals surface area (Å²) in [6.45, 7) is 0.908. The van der Waals surface area contributed by atoms with Crippen LogP contribution in [0.4, 0.5) is 0 Å². The average Bonchev–Trinajstić information content (AvgIpc) is 2.46. The molecule has 19 heavy (non-hydrogen) atoms. The van der Waals surface area contributed by atoms with Crippen molar-refractivity contribution in [3.8, 4) is 5.75 Å². The predicted octanol–water partition coefficient (Wildman–Crippen LogP) is 2.99. The van der Waals surface area contributed by atoms with E-state index >= 15 is 0 Å². The van der Waals surface area contributed by atoms with E-state index in [9.17, 15) is 0 Å². The monoisotopic (exact) mass is 320 g/mol. The SMILES string of the molecule is NCC(N)c1cc(Br)ccc1OCc1ccccc1. The number of hydrogen-bond donors (Lipinski definition) is 2. The molecule has 2 aromatic rings. The summed E-state index contributed by atoms with van der Waals surface area (Å²) in [6, 6.07) is 15.6. The van der Waals surface area contributed by atoms with Gasteiger partial charge in [0, 0.05) is 22.6 Å². The molecule has 0 fully saturated rings. The molecule has 0 aliphatic rings. The fourth-order valence-electron chi connectivity index (χ4n) is 1.80. The summed E-state index contributed by atoms with van der Waals surface area (Å²) < 4.78 is 6.82. The molecule has 0 aliphatic carbocycles. The van der Waals surface area contributed by atoms with Crippen molar-refractivity contribution in [2.24, 2.45) is 11.5 Å². The highest BCUT2D eigenvalue weighted by molar-refractivity contribution is 9.10. The Bertz CT molecular complexity index is 531. The van der Waals surface area contributed by atoms with E-state index in [0.717, 1.165) is 21.3 Å². The third-order valence-electron chi connectivity index (χ3n) is 2.86. The van der Waals surface area contributed by atoms with Crippen LogP contribution in [0.5, 0.6) is 5.75 Å². The van der Waals surface area contributed by atoms with Crippen molar-refractivity contribution in [1.29, 1.82) is 0 Å². The molecule has 1 atom stereocenters. The third kappa shape index (κ3) is 3.80. The minimum absolute atomic E-state index is 0.219. The highest BCUT2D eigenvalue weighted by Crippen LogP contribution is 2.28. The van der Waals surface area contributed by atoms with Gasteiger partial charge in [0.1, 0.15) is 12.4 Å². The lowest BCUT2D eigenvalue weighted by Crippen LogP contribution is -2.21. The molecule has 0 amide bonds. The van der Waals surface area contributed by atoms with Crippen LogP contribution in [0.3, 0.4) is 0 Å². The standard InChI is InChI=1S/C15H17BrN2O/c16-12-6-7-15(13(8-12)14(18)9-17)19-10-11-4-2-1-3-5-11/h1-8,14H,9-10,17-18H2. The molecule has 0 saturated carbocycles. The Morgan fingerprint density at radius 2 is 1.84 bits per heavy atom. The van der Waals surface area contributed by atoms with E-state index in [-0.39, 0.29) is 6.04 Å². The smallest absolute Gasteiger partial charge is 0.124 e. The summed E-state index contributed by atoms with van der Waals surface area (Å²) in [6.07, 6.45) is 0. The topological polar surface area (TPSA) is 61.3 Å². The molecule has 2 aromatic carbocycles. The van der Waals surface area contributed by atoms with Crippen LogP contribution in [0.25, 0.3) is 0 Å². The molecule has 1 unspecified atom stereocenters. The van der Waals surface area contributed by atoms with E-state index in [1.54, 1.807) is 0 Å². The second kappa shape index (κ2) is 6.70. The molecule has 0 radical (unpaired) electrons. The van der Waals surface area contributed by atoms with Crippen molar-refractivity contribution in [2.45, 2.75) is 12.6 Å². The number of rotatable bonds is 5. The average molecular weight is 321 g/mol. The van der Waals surface area contributed by atoms with Gasteiger partial charge in [-0.2, -0.15) is 0 Å². The van der Waals surface area contributed by atoms with E-state index in [2.05, 4.69) is 15.9 Å². The van der Waals surface area contributed by atoms with Gasteiger partial charge in [0.15, 0.2) is 0 Å². The van der Waals surface area contributed by atoms with Crippen LogP contribution in [0.15, 0.2) is 53.0 Å². The van der Waals surface area contributed by atoms with Gasteiger partial charge in [0.2, 0.25) is 0 Å². The maximum Gasteiger partial charge on any atom is 0.124 e. The first-order valence-corrected chi connectivity index (χ1v) is 6.92. The predicted molar refractivity (Wildman–Crippen MR) is 80.9 cm³/mol. The number of halogens is 1. The second-order valence-corrected chi connectivity index (χ2v) is 5.21. The lowest BCUT2D eigenvalue weighted by Gasteiger charge is -2.16. The molecule has 4 N–H and O–H groups in total. The third-order valence-corrected chi connectivity index (χ3v) is 3.36. The lowest BCUT2D eigenvalue weighted by molar-refractivity contribution is 0.301. The first kappa shape index (κ1) is 14.1. The van der Waals surface area contributed by atoms with Gasteiger partial charge in [0.05, 0.1) is 0 Å². The second-order valence-electron chi connectivity index (χ2n) is 4.30. The summed E-state index contributed by atoms with van der Waals surface area (Å²) >= 11 is 3.44. The first-order chi connectivity index (χ1) is 9.20. The number of nitrogens with two attached hydrogens (primary N) is 2. The molecule has 0 aromatic heterocycles. The van der Waals surface area contributed by atoms with Gasteiger partial charge < -0.3 is 16.2 Å². The molecule has 0 aliphatic heterocycles. The molecular weight excluding hydrogens is 304 g/mol. The Balaban J connectivity index is 2.15. The largest absolute Gasteiger partial charge is 0.489 e. The summed E-state index contributed by atoms with van der Waals surface area (Å²) in [7, 11) is 0. The van der Waals surface area contributed by atoms with Crippen molar-refractivity contribution in [3.05, 3.63) is 64.1 Å². The fourth-order valence-corrected chi connectivity index (χ4v) is 2.18. The van der Waals surface area contributed by atoms with Crippen LogP contribution >= 0.6 is 15.9 Å². The number of ether oxygens (including phenoxy) is 1. The zero-order valence-corrected chi connectivity index (χ0v) is 12.1. The summed E-state index contributed by atoms with van der Waals surface area (Å²) in [5.74, 6) is 0.782. The van der Waals surface area contributed by atoms with Crippen LogP contribution in [0, 0.1) is 0 Å². The maximum absolute atomic E-state index is 6.01. The van der Waals surface area contributed by atoms with E-state index in [1.807, 2.05) is 48.5 Å². The highest BCUT2D eigenvalue weighted by atomic mass is 79.9. The molecule has 0 bridgehead atoms. The molecule has 0 heterocycles. The van der Waals surface area contributed by atoms with E-state index in [0.29, 0.717) is 13.2 Å². The molecular formula is C15H17BrN2O. The highest BCUT2D eigenvalue weighted by Gasteiger charge is 2.11. The Morgan fingerprint density at radius 3 is 2.53 bits per heavy atom. The molecule has 4 heteroatoms. The molecule has 0 saturated heterocycles. The Hall–Kier alpha value is -1.36. The van der Waals surface area contributed by atoms with Crippen LogP contribution in [0.1, 0.15) is 17.2 Å². The molecule has 100 valence electrons. The van der Waals surface area contributed by atoms with E-state index < -0.39 is 0 Å². The van der Waals surface area contributed by atoms with Crippen LogP contribution in [-0.4, -0.2) is 6.54 Å². The van der Waals surface area contributed by atoms with Crippen LogP contribution < -0.4 is 16.2 Å². The molecule has 3 nitrogen and oxygen atoms in total. The number of hydrogen-bond acceptors (Lipinski definition) is 3. The van der Waals surface area contributed by atoms with Gasteiger partial charge in [-0.1, -0.05) is 46.3 Å². The lowest BCUT2D eigenvalue weighted by atomic mass is 10.1. The normalized spacial score (nSPS) is 12.2. The van der Waals surface area contributed by atoms with Crippen molar-refractivity contribution in [1.82, 2.24) is 0 Å². The van der Waals surface area contributed by atoms with Crippen molar-refractivity contribution in [3.63, 3.8) is 0 Å². The van der Waals surface area contributed by atoms with Crippen molar-refractivity contribution in [2.75, 3.05) is 6.54 Å². The van der Waals surface area contributed by atoms with Gasteiger partial charge >= 0.3 is 0 Å². The zero-order valence-electron chi connectivity index (χ0n) is 10.6. The zero-order chi connectivity index (χ0) is 13.7. The Labute approximate surface area is 121 Å². The van der Waals surface area contributed by atoms with Gasteiger partial charge in [-0.3, -0.25) is 0 Å². The maximum atomic E-state index is 6.01. The summed E-state index contributed by atoms with van der Waals surface area (Å²) in [5.41, 5.74) is 13.7. The van der Waals surface area contributed by atoms with Crippen molar-refractivity contribution < 1.29 is 4.74 Å². The van der Waals surface area contributed by atoms with E-state index in [4.69, 9.17) is 16.2 Å². The van der Waals surface area contributed by atoms with Crippen LogP contribution in [-0.2, 0) is 6.61 Å². The van der Waals surface area contributed by atoms with Gasteiger partial charge in [-0.05, 0) is 23.8 Å². The Morgan fingerprint density at radius 1 is 1.11 bits per heavy atom. The fraction of sp³-hybridized carbons (Fsp3) is 0.200. The van der Waals surface area contributed by atoms with Gasteiger partial charge in [0.25, 0.3) is 0 Å². The van der Waals surface area contributed by atoms with E-state index in [1.165, 1.54) is 0 Å².